The number of nitrogens with zero attached hydrogens (tertiary/aromatic N) is 2. The summed E-state index contributed by atoms with van der Waals surface area (Å²) < 4.78 is 0. The predicted octanol–water partition coefficient (Wildman–Crippen LogP) is 0.403. The normalized spacial score (nSPS) is 14.4. The van der Waals surface area contributed by atoms with E-state index >= 15 is 0 Å². The zero-order valence-corrected chi connectivity index (χ0v) is 7.29. The van der Waals surface area contributed by atoms with Crippen LogP contribution in [0.4, 0.5) is 11.5 Å². The molecule has 13 heavy (non-hydrogen) atoms. The van der Waals surface area contributed by atoms with Gasteiger partial charge in [-0.05, 0) is 0 Å². The van der Waals surface area contributed by atoms with Crippen molar-refractivity contribution in [2.75, 3.05) is 17.2 Å². The molecule has 1 aliphatic rings. The molecule has 0 aliphatic carbocycles. The van der Waals surface area contributed by atoms with Gasteiger partial charge < -0.3 is 10.6 Å². The van der Waals surface area contributed by atoms with E-state index in [1.165, 1.54) is 0 Å². The highest BCUT2D eigenvalue weighted by Crippen LogP contribution is 2.20. The van der Waals surface area contributed by atoms with Crippen LogP contribution in [0.1, 0.15) is 12.7 Å². The molecule has 2 rings (SSSR count). The molecule has 1 amide bonds. The number of rotatable bonds is 1. The number of anilines is 2. The Bertz CT molecular complexity index is 350. The highest BCUT2D eigenvalue weighted by atomic mass is 16.2. The Balaban J connectivity index is 2.36. The lowest BCUT2D eigenvalue weighted by Gasteiger charge is -2.17. The summed E-state index contributed by atoms with van der Waals surface area (Å²) in [5.41, 5.74) is 0.661. The van der Waals surface area contributed by atoms with Crippen LogP contribution in [0.3, 0.4) is 0 Å². The van der Waals surface area contributed by atoms with Crippen LogP contribution in [0, 0.1) is 0 Å². The lowest BCUT2D eigenvalue weighted by molar-refractivity contribution is -0.114. The van der Waals surface area contributed by atoms with Crippen molar-refractivity contribution >= 4 is 17.4 Å². The van der Waals surface area contributed by atoms with E-state index in [4.69, 9.17) is 0 Å². The van der Waals surface area contributed by atoms with Crippen LogP contribution < -0.4 is 10.6 Å². The summed E-state index contributed by atoms with van der Waals surface area (Å²) in [4.78, 5) is 19.3. The fourth-order valence-corrected chi connectivity index (χ4v) is 1.17. The Morgan fingerprint density at radius 3 is 3.23 bits per heavy atom. The van der Waals surface area contributed by atoms with Gasteiger partial charge in [0.25, 0.3) is 0 Å². The van der Waals surface area contributed by atoms with E-state index in [0.29, 0.717) is 11.5 Å². The Hall–Kier alpha value is -1.65. The standard InChI is InChI=1S/C8H10N4O/c1-2-6-9-3-5-8(12-6)10-4-7(13)11-5/h3H,2,4H2,1H3,(H,11,13)(H,9,10,12). The first-order valence-corrected chi connectivity index (χ1v) is 4.19. The van der Waals surface area contributed by atoms with E-state index in [-0.39, 0.29) is 12.5 Å². The van der Waals surface area contributed by atoms with Gasteiger partial charge in [-0.2, -0.15) is 0 Å². The van der Waals surface area contributed by atoms with Gasteiger partial charge in [-0.3, -0.25) is 4.79 Å². The molecule has 2 heterocycles. The molecule has 0 fully saturated rings. The van der Waals surface area contributed by atoms with E-state index in [2.05, 4.69) is 20.6 Å². The monoisotopic (exact) mass is 178 g/mol. The molecule has 0 atom stereocenters. The lowest BCUT2D eigenvalue weighted by Crippen LogP contribution is -2.28. The van der Waals surface area contributed by atoms with Crippen molar-refractivity contribution in [2.45, 2.75) is 13.3 Å². The van der Waals surface area contributed by atoms with Gasteiger partial charge in [-0.1, -0.05) is 6.92 Å². The molecule has 0 radical (unpaired) electrons. The number of nitrogens with one attached hydrogen (secondary N) is 2. The lowest BCUT2D eigenvalue weighted by atomic mass is 10.3. The van der Waals surface area contributed by atoms with Crippen molar-refractivity contribution in [3.05, 3.63) is 12.0 Å². The molecule has 5 nitrogen and oxygen atoms in total. The summed E-state index contributed by atoms with van der Waals surface area (Å²) in [7, 11) is 0. The van der Waals surface area contributed by atoms with Gasteiger partial charge in [0.1, 0.15) is 11.5 Å². The molecule has 0 saturated heterocycles. The van der Waals surface area contributed by atoms with Crippen LogP contribution in [-0.2, 0) is 11.2 Å². The van der Waals surface area contributed by atoms with Gasteiger partial charge in [0.05, 0.1) is 12.7 Å². The van der Waals surface area contributed by atoms with Crippen LogP contribution in [0.2, 0.25) is 0 Å². The van der Waals surface area contributed by atoms with Crippen molar-refractivity contribution in [3.8, 4) is 0 Å². The maximum absolute atomic E-state index is 11.0. The van der Waals surface area contributed by atoms with Crippen LogP contribution in [0.5, 0.6) is 0 Å². The van der Waals surface area contributed by atoms with Crippen molar-refractivity contribution < 1.29 is 4.79 Å². The maximum Gasteiger partial charge on any atom is 0.243 e. The van der Waals surface area contributed by atoms with Gasteiger partial charge in [-0.25, -0.2) is 9.97 Å². The van der Waals surface area contributed by atoms with E-state index < -0.39 is 0 Å². The van der Waals surface area contributed by atoms with Crippen molar-refractivity contribution in [1.82, 2.24) is 9.97 Å². The first kappa shape index (κ1) is 7.97. The van der Waals surface area contributed by atoms with Crippen molar-refractivity contribution in [3.63, 3.8) is 0 Å². The highest BCUT2D eigenvalue weighted by Gasteiger charge is 2.15. The minimum atomic E-state index is -0.0552. The third-order valence-corrected chi connectivity index (χ3v) is 1.85. The van der Waals surface area contributed by atoms with E-state index in [1.807, 2.05) is 6.92 Å². The van der Waals surface area contributed by atoms with Gasteiger partial charge in [0.2, 0.25) is 5.91 Å². The minimum absolute atomic E-state index is 0.0552. The largest absolute Gasteiger partial charge is 0.359 e. The summed E-state index contributed by atoms with van der Waals surface area (Å²) in [5, 5.41) is 5.61. The Morgan fingerprint density at radius 2 is 2.46 bits per heavy atom. The number of amides is 1. The third kappa shape index (κ3) is 1.44. The maximum atomic E-state index is 11.0. The minimum Gasteiger partial charge on any atom is -0.359 e. The van der Waals surface area contributed by atoms with E-state index in [0.717, 1.165) is 12.2 Å². The van der Waals surface area contributed by atoms with Crippen LogP contribution in [-0.4, -0.2) is 22.4 Å². The Labute approximate surface area is 75.6 Å². The summed E-state index contributed by atoms with van der Waals surface area (Å²) >= 11 is 0. The molecule has 0 unspecified atom stereocenters. The summed E-state index contributed by atoms with van der Waals surface area (Å²) in [6.45, 7) is 2.27. The molecule has 1 aromatic heterocycles. The van der Waals surface area contributed by atoms with E-state index in [9.17, 15) is 4.79 Å². The predicted molar refractivity (Wildman–Crippen MR) is 48.5 cm³/mol. The topological polar surface area (TPSA) is 66.9 Å². The molecular weight excluding hydrogens is 168 g/mol. The first-order chi connectivity index (χ1) is 6.29. The number of carbonyl (C=O) groups excluding carboxylic acids is 1. The summed E-state index contributed by atoms with van der Waals surface area (Å²) in [5.74, 6) is 1.44. The highest BCUT2D eigenvalue weighted by molar-refractivity contribution is 5.99. The van der Waals surface area contributed by atoms with Crippen LogP contribution in [0.15, 0.2) is 6.20 Å². The zero-order valence-electron chi connectivity index (χ0n) is 7.29. The number of fused-ring (bicyclic) bond motifs is 1. The molecule has 1 aliphatic heterocycles. The van der Waals surface area contributed by atoms with Gasteiger partial charge in [0, 0.05) is 6.42 Å². The molecular formula is C8H10N4O. The molecule has 5 heteroatoms. The van der Waals surface area contributed by atoms with Crippen molar-refractivity contribution in [2.24, 2.45) is 0 Å². The quantitative estimate of drug-likeness (QED) is 0.653. The van der Waals surface area contributed by atoms with Gasteiger partial charge in [0.15, 0.2) is 5.82 Å². The number of carbonyl (C=O) groups is 1. The van der Waals surface area contributed by atoms with Gasteiger partial charge in [-0.15, -0.1) is 0 Å². The molecule has 2 N–H and O–H groups in total. The van der Waals surface area contributed by atoms with Gasteiger partial charge >= 0.3 is 0 Å². The number of hydrogen-bond acceptors (Lipinski definition) is 4. The van der Waals surface area contributed by atoms with Crippen molar-refractivity contribution in [1.29, 1.82) is 0 Å². The Kier molecular flexibility index (Phi) is 1.84. The van der Waals surface area contributed by atoms with E-state index in [1.54, 1.807) is 6.20 Å². The molecule has 1 aromatic rings. The Morgan fingerprint density at radius 1 is 1.62 bits per heavy atom. The molecule has 0 spiro atoms. The fraction of sp³-hybridized carbons (Fsp3) is 0.375. The second-order valence-corrected chi connectivity index (χ2v) is 2.80. The molecule has 68 valence electrons. The van der Waals surface area contributed by atoms with Crippen LogP contribution >= 0.6 is 0 Å². The molecule has 0 saturated carbocycles. The molecule has 0 aromatic carbocycles. The second-order valence-electron chi connectivity index (χ2n) is 2.80. The number of aryl methyl sites for hydroxylation is 1. The third-order valence-electron chi connectivity index (χ3n) is 1.85. The smallest absolute Gasteiger partial charge is 0.243 e. The second kappa shape index (κ2) is 3.01. The summed E-state index contributed by atoms with van der Waals surface area (Å²) in [6.07, 6.45) is 2.42. The fourth-order valence-electron chi connectivity index (χ4n) is 1.17. The number of hydrogen-bond donors (Lipinski definition) is 2. The first-order valence-electron chi connectivity index (χ1n) is 4.19. The average Bonchev–Trinajstić information content (AvgIpc) is 2.17. The number of aromatic nitrogens is 2. The SMILES string of the molecule is CCc1ncc2c(n1)NCC(=O)N2. The zero-order chi connectivity index (χ0) is 9.26. The van der Waals surface area contributed by atoms with Crippen LogP contribution in [0.25, 0.3) is 0 Å². The summed E-state index contributed by atoms with van der Waals surface area (Å²) in [6, 6.07) is 0. The molecule has 0 bridgehead atoms. The average molecular weight is 178 g/mol.